The number of aliphatic imine (C=N–C) groups is 1. The van der Waals surface area contributed by atoms with Crippen LogP contribution in [0.25, 0.3) is 0 Å². The Bertz CT molecular complexity index is 781. The van der Waals surface area contributed by atoms with Crippen LogP contribution in [0.2, 0.25) is 0 Å². The molecule has 2 aliphatic rings. The SMILES string of the molecule is NCc1ccc(N2CCC3(O)C(=O)c4ccsc4N=C23)cc1. The third kappa shape index (κ3) is 1.78. The molecule has 1 atom stereocenters. The van der Waals surface area contributed by atoms with E-state index in [2.05, 4.69) is 4.99 Å². The summed E-state index contributed by atoms with van der Waals surface area (Å²) in [5.41, 5.74) is 6.60. The third-order valence-electron chi connectivity index (χ3n) is 4.28. The number of rotatable bonds is 2. The first-order valence-corrected chi connectivity index (χ1v) is 8.02. The highest BCUT2D eigenvalue weighted by Crippen LogP contribution is 2.41. The third-order valence-corrected chi connectivity index (χ3v) is 5.09. The minimum absolute atomic E-state index is 0.241. The number of carbonyl (C=O) groups excluding carboxylic acids is 1. The lowest BCUT2D eigenvalue weighted by atomic mass is 9.90. The number of amidine groups is 1. The van der Waals surface area contributed by atoms with Crippen molar-refractivity contribution in [2.75, 3.05) is 11.4 Å². The van der Waals surface area contributed by atoms with Crippen LogP contribution in [0, 0.1) is 0 Å². The van der Waals surface area contributed by atoms with E-state index >= 15 is 0 Å². The van der Waals surface area contributed by atoms with E-state index < -0.39 is 5.60 Å². The van der Waals surface area contributed by atoms with Crippen LogP contribution in [0.3, 0.4) is 0 Å². The van der Waals surface area contributed by atoms with Crippen molar-refractivity contribution in [3.05, 3.63) is 46.8 Å². The van der Waals surface area contributed by atoms with Crippen LogP contribution in [-0.2, 0) is 6.54 Å². The van der Waals surface area contributed by atoms with Gasteiger partial charge in [0.25, 0.3) is 0 Å². The van der Waals surface area contributed by atoms with E-state index in [0.717, 1.165) is 11.3 Å². The zero-order chi connectivity index (χ0) is 15.3. The monoisotopic (exact) mass is 313 g/mol. The summed E-state index contributed by atoms with van der Waals surface area (Å²) in [5.74, 6) is 0.197. The molecule has 6 heteroatoms. The fourth-order valence-corrected chi connectivity index (χ4v) is 3.79. The van der Waals surface area contributed by atoms with Gasteiger partial charge in [0.2, 0.25) is 5.78 Å². The van der Waals surface area contributed by atoms with Crippen LogP contribution in [0.4, 0.5) is 10.7 Å². The Balaban J connectivity index is 1.79. The second kappa shape index (κ2) is 4.74. The maximum absolute atomic E-state index is 12.6. The summed E-state index contributed by atoms with van der Waals surface area (Å²) in [6.45, 7) is 1.06. The molecule has 0 bridgehead atoms. The fraction of sp³-hybridized carbons (Fsp3) is 0.250. The summed E-state index contributed by atoms with van der Waals surface area (Å²) in [5, 5.41) is 13.3. The van der Waals surface area contributed by atoms with Gasteiger partial charge in [-0.2, -0.15) is 0 Å². The Labute approximate surface area is 131 Å². The second-order valence-electron chi connectivity index (χ2n) is 5.54. The molecule has 22 heavy (non-hydrogen) atoms. The maximum Gasteiger partial charge on any atom is 0.205 e. The Hall–Kier alpha value is -2.02. The molecule has 0 radical (unpaired) electrons. The molecule has 4 rings (SSSR count). The molecule has 0 aliphatic carbocycles. The van der Waals surface area contributed by atoms with Crippen molar-refractivity contribution in [3.8, 4) is 0 Å². The lowest BCUT2D eigenvalue weighted by Crippen LogP contribution is -2.48. The van der Waals surface area contributed by atoms with E-state index in [9.17, 15) is 9.90 Å². The number of nitrogens with two attached hydrogens (primary N) is 1. The summed E-state index contributed by atoms with van der Waals surface area (Å²) < 4.78 is 0. The first-order valence-electron chi connectivity index (χ1n) is 7.14. The van der Waals surface area contributed by atoms with Crippen molar-refractivity contribution in [2.24, 2.45) is 10.7 Å². The van der Waals surface area contributed by atoms with Crippen LogP contribution >= 0.6 is 11.3 Å². The number of carbonyl (C=O) groups is 1. The topological polar surface area (TPSA) is 78.9 Å². The van der Waals surface area contributed by atoms with Crippen molar-refractivity contribution in [2.45, 2.75) is 18.6 Å². The highest BCUT2D eigenvalue weighted by Gasteiger charge is 2.52. The van der Waals surface area contributed by atoms with Gasteiger partial charge in [0, 0.05) is 25.2 Å². The Morgan fingerprint density at radius 1 is 1.32 bits per heavy atom. The predicted octanol–water partition coefficient (Wildman–Crippen LogP) is 2.07. The molecule has 1 aromatic carbocycles. The van der Waals surface area contributed by atoms with Gasteiger partial charge in [-0.25, -0.2) is 4.99 Å². The molecule has 0 amide bonds. The smallest absolute Gasteiger partial charge is 0.205 e. The Morgan fingerprint density at radius 2 is 2.09 bits per heavy atom. The summed E-state index contributed by atoms with van der Waals surface area (Å²) in [4.78, 5) is 19.1. The Kier molecular flexibility index (Phi) is 2.94. The zero-order valence-electron chi connectivity index (χ0n) is 11.8. The lowest BCUT2D eigenvalue weighted by molar-refractivity contribution is 0.0603. The summed E-state index contributed by atoms with van der Waals surface area (Å²) >= 11 is 1.42. The summed E-state index contributed by atoms with van der Waals surface area (Å²) in [7, 11) is 0. The average Bonchev–Trinajstić information content (AvgIpc) is 3.14. The van der Waals surface area contributed by atoms with Gasteiger partial charge in [0.1, 0.15) is 5.00 Å². The van der Waals surface area contributed by atoms with Gasteiger partial charge in [0.15, 0.2) is 11.4 Å². The average molecular weight is 313 g/mol. The van der Waals surface area contributed by atoms with Gasteiger partial charge in [-0.05, 0) is 29.1 Å². The van der Waals surface area contributed by atoms with Crippen molar-refractivity contribution >= 4 is 33.6 Å². The van der Waals surface area contributed by atoms with Gasteiger partial charge in [-0.3, -0.25) is 4.79 Å². The number of thiophene rings is 1. The van der Waals surface area contributed by atoms with E-state index in [1.54, 1.807) is 6.07 Å². The predicted molar refractivity (Wildman–Crippen MR) is 87.0 cm³/mol. The minimum atomic E-state index is -1.50. The first kappa shape index (κ1) is 13.6. The van der Waals surface area contributed by atoms with Crippen LogP contribution in [0.1, 0.15) is 22.3 Å². The van der Waals surface area contributed by atoms with E-state index in [1.807, 2.05) is 34.5 Å². The van der Waals surface area contributed by atoms with Crippen LogP contribution in [-0.4, -0.2) is 28.9 Å². The van der Waals surface area contributed by atoms with Crippen LogP contribution < -0.4 is 10.6 Å². The van der Waals surface area contributed by atoms with Crippen LogP contribution in [0.15, 0.2) is 40.7 Å². The van der Waals surface area contributed by atoms with Gasteiger partial charge in [0.05, 0.1) is 5.56 Å². The number of ketones is 1. The quantitative estimate of drug-likeness (QED) is 0.889. The minimum Gasteiger partial charge on any atom is -0.374 e. The lowest BCUT2D eigenvalue weighted by Gasteiger charge is -2.28. The van der Waals surface area contributed by atoms with Crippen molar-refractivity contribution in [1.82, 2.24) is 0 Å². The molecule has 1 saturated heterocycles. The maximum atomic E-state index is 12.6. The molecular formula is C16H15N3O2S. The fourth-order valence-electron chi connectivity index (χ4n) is 3.03. The van der Waals surface area contributed by atoms with E-state index in [1.165, 1.54) is 11.3 Å². The second-order valence-corrected chi connectivity index (χ2v) is 6.43. The zero-order valence-corrected chi connectivity index (χ0v) is 12.6. The molecule has 0 saturated carbocycles. The standard InChI is InChI=1S/C16H15N3O2S/c17-9-10-1-3-11(4-2-10)19-7-6-16(21)13(20)12-5-8-22-14(12)18-15(16)19/h1-5,8,21H,6-7,9,17H2. The van der Waals surface area contributed by atoms with Crippen molar-refractivity contribution in [1.29, 1.82) is 0 Å². The summed E-state index contributed by atoms with van der Waals surface area (Å²) in [6, 6.07) is 9.54. The van der Waals surface area contributed by atoms with Gasteiger partial charge < -0.3 is 15.7 Å². The normalized spacial score (nSPS) is 23.3. The number of Topliss-reactive ketones (excluding diaryl/α,β-unsaturated/α-hetero) is 1. The number of fused-ring (bicyclic) bond motifs is 2. The number of hydrogen-bond acceptors (Lipinski definition) is 6. The molecule has 2 aromatic rings. The molecule has 0 spiro atoms. The molecule has 2 aliphatic heterocycles. The number of hydrogen-bond donors (Lipinski definition) is 2. The largest absolute Gasteiger partial charge is 0.374 e. The number of aliphatic hydroxyl groups is 1. The molecular weight excluding hydrogens is 298 g/mol. The molecule has 112 valence electrons. The molecule has 5 nitrogen and oxygen atoms in total. The highest BCUT2D eigenvalue weighted by molar-refractivity contribution is 7.14. The van der Waals surface area contributed by atoms with Gasteiger partial charge in [-0.15, -0.1) is 11.3 Å². The number of anilines is 1. The van der Waals surface area contributed by atoms with Crippen molar-refractivity contribution in [3.63, 3.8) is 0 Å². The first-order chi connectivity index (χ1) is 10.6. The molecule has 1 aromatic heterocycles. The van der Waals surface area contributed by atoms with Gasteiger partial charge >= 0.3 is 0 Å². The van der Waals surface area contributed by atoms with E-state index in [0.29, 0.717) is 35.9 Å². The highest BCUT2D eigenvalue weighted by atomic mass is 32.1. The molecule has 3 heterocycles. The van der Waals surface area contributed by atoms with E-state index in [4.69, 9.17) is 5.73 Å². The molecule has 1 unspecified atom stereocenters. The Morgan fingerprint density at radius 3 is 2.82 bits per heavy atom. The molecule has 1 fully saturated rings. The number of nitrogens with zero attached hydrogens (tertiary/aromatic N) is 2. The van der Waals surface area contributed by atoms with Crippen LogP contribution in [0.5, 0.6) is 0 Å². The van der Waals surface area contributed by atoms with Gasteiger partial charge in [-0.1, -0.05) is 12.1 Å². The molecule has 3 N–H and O–H groups in total. The van der Waals surface area contributed by atoms with E-state index in [-0.39, 0.29) is 5.78 Å². The van der Waals surface area contributed by atoms with Crippen molar-refractivity contribution < 1.29 is 9.90 Å². The number of benzene rings is 1. The summed E-state index contributed by atoms with van der Waals surface area (Å²) in [6.07, 6.45) is 0.360.